The summed E-state index contributed by atoms with van der Waals surface area (Å²) in [7, 11) is 0. The van der Waals surface area contributed by atoms with E-state index in [2.05, 4.69) is 67.3 Å². The van der Waals surface area contributed by atoms with Crippen LogP contribution in [0.25, 0.3) is 0 Å². The van der Waals surface area contributed by atoms with Crippen LogP contribution in [0.15, 0.2) is 128 Å². The van der Waals surface area contributed by atoms with E-state index in [0.29, 0.717) is 6.79 Å². The Hall–Kier alpha value is -3.83. The van der Waals surface area contributed by atoms with E-state index in [9.17, 15) is 0 Å². The zero-order chi connectivity index (χ0) is 44.3. The summed E-state index contributed by atoms with van der Waals surface area (Å²) in [5, 5.41) is 9.63. The lowest BCUT2D eigenvalue weighted by molar-refractivity contribution is -0.0963. The second-order valence-electron chi connectivity index (χ2n) is 15.9. The van der Waals surface area contributed by atoms with Crippen molar-refractivity contribution in [3.8, 4) is 0 Å². The highest BCUT2D eigenvalue weighted by Crippen LogP contribution is 2.20. The molecule has 4 aromatic rings. The predicted molar refractivity (Wildman–Crippen MR) is 265 cm³/mol. The normalized spacial score (nSPS) is 18.0. The van der Waals surface area contributed by atoms with Crippen LogP contribution in [0.3, 0.4) is 0 Å². The van der Waals surface area contributed by atoms with E-state index < -0.39 is 0 Å². The molecular formula is C54H86N6O3. The Morgan fingerprint density at radius 2 is 0.794 bits per heavy atom. The third kappa shape index (κ3) is 40.7. The Morgan fingerprint density at radius 1 is 0.349 bits per heavy atom. The van der Waals surface area contributed by atoms with Crippen molar-refractivity contribution in [1.82, 2.24) is 30.9 Å². The molecule has 0 spiro atoms. The summed E-state index contributed by atoms with van der Waals surface area (Å²) in [5.41, 5.74) is 3.13. The summed E-state index contributed by atoms with van der Waals surface area (Å²) in [4.78, 5) is 11.1. The Balaban J connectivity index is 0.000000242. The number of allylic oxidation sites excluding steroid dienone is 2. The van der Waals surface area contributed by atoms with E-state index in [1.807, 2.05) is 54.6 Å². The molecule has 63 heavy (non-hydrogen) atoms. The second-order valence-corrected chi connectivity index (χ2v) is 15.9. The molecule has 3 N–H and O–H groups in total. The van der Waals surface area contributed by atoms with Gasteiger partial charge in [0.25, 0.3) is 0 Å². The first kappa shape index (κ1) is 55.3. The minimum absolute atomic E-state index is 0.500. The van der Waals surface area contributed by atoms with Gasteiger partial charge in [0.15, 0.2) is 0 Å². The van der Waals surface area contributed by atoms with Crippen LogP contribution in [0.1, 0.15) is 133 Å². The first-order chi connectivity index (χ1) is 31.5. The van der Waals surface area contributed by atoms with Crippen LogP contribution < -0.4 is 16.0 Å². The van der Waals surface area contributed by atoms with Crippen LogP contribution in [0.2, 0.25) is 0 Å². The quantitative estimate of drug-likeness (QED) is 0.149. The molecular weight excluding hydrogens is 781 g/mol. The molecule has 0 atom stereocenters. The largest absolute Gasteiger partial charge is 0.381 e. The molecule has 0 amide bonds. The Labute approximate surface area is 384 Å². The number of nitrogens with zero attached hydrogens (tertiary/aromatic N) is 3. The van der Waals surface area contributed by atoms with Crippen LogP contribution in [0.4, 0.5) is 0 Å². The van der Waals surface area contributed by atoms with E-state index in [1.165, 1.54) is 161 Å². The van der Waals surface area contributed by atoms with Gasteiger partial charge in [-0.1, -0.05) is 124 Å². The number of ether oxygens (including phenoxy) is 3. The van der Waals surface area contributed by atoms with Gasteiger partial charge < -0.3 is 30.2 Å². The average Bonchev–Trinajstić information content (AvgIpc) is 3.92. The third-order valence-corrected chi connectivity index (χ3v) is 10.4. The van der Waals surface area contributed by atoms with Crippen molar-refractivity contribution in [1.29, 1.82) is 0 Å². The molecule has 0 bridgehead atoms. The van der Waals surface area contributed by atoms with Crippen LogP contribution in [-0.2, 0) is 27.1 Å². The van der Waals surface area contributed by atoms with E-state index in [0.717, 1.165) is 39.5 Å². The zero-order valence-corrected chi connectivity index (χ0v) is 39.1. The molecule has 0 radical (unpaired) electrons. The molecule has 350 valence electrons. The molecule has 2 aromatic carbocycles. The molecule has 1 saturated carbocycles. The number of hydrogen-bond acceptors (Lipinski definition) is 9. The zero-order valence-electron chi connectivity index (χ0n) is 39.1. The van der Waals surface area contributed by atoms with Crippen molar-refractivity contribution < 1.29 is 14.2 Å². The minimum Gasteiger partial charge on any atom is -0.381 e. The number of fused-ring (bicyclic) bond motifs is 1. The molecule has 0 unspecified atom stereocenters. The van der Waals surface area contributed by atoms with Crippen LogP contribution in [0.5, 0.6) is 0 Å². The Bertz CT molecular complexity index is 1120. The van der Waals surface area contributed by atoms with E-state index in [-0.39, 0.29) is 0 Å². The Morgan fingerprint density at radius 3 is 1.02 bits per heavy atom. The number of aromatic nitrogens is 3. The molecule has 2 aromatic heterocycles. The molecule has 4 saturated heterocycles. The number of rotatable bonds is 0. The molecule has 4 aliphatic heterocycles. The first-order valence-corrected chi connectivity index (χ1v) is 24.6. The number of aryl methyl sites for hydroxylation is 2. The lowest BCUT2D eigenvalue weighted by Gasteiger charge is -2.11. The third-order valence-electron chi connectivity index (χ3n) is 10.4. The van der Waals surface area contributed by atoms with E-state index >= 15 is 0 Å². The maximum Gasteiger partial charge on any atom is 0.146 e. The van der Waals surface area contributed by atoms with Gasteiger partial charge in [0.1, 0.15) is 13.1 Å². The molecule has 9 heteroatoms. The van der Waals surface area contributed by atoms with Gasteiger partial charge in [0.2, 0.25) is 0 Å². The van der Waals surface area contributed by atoms with Crippen molar-refractivity contribution in [2.45, 2.75) is 135 Å². The van der Waals surface area contributed by atoms with Gasteiger partial charge in [0.05, 0.1) is 13.2 Å². The van der Waals surface area contributed by atoms with Crippen LogP contribution in [-0.4, -0.2) is 81.0 Å². The van der Waals surface area contributed by atoms with Gasteiger partial charge in [0, 0.05) is 44.7 Å². The summed E-state index contributed by atoms with van der Waals surface area (Å²) in [5.74, 6) is 0. The number of nitrogens with one attached hydrogen (secondary N) is 3. The standard InChI is InChI=1S/C9H10.C6H12.C6H10.C6H6.C5H11N.C5H5N.C5H10O.C4H10N2.C4H4N2.C4H8O2/c1-2-5-9-7-3-6-8(9)4-1;6*1-2-4-6-5-3-1;3*1-2-5-4-6-3-1/h1-2,4-5H,3,6-7H2;1-6H2;1-2H,3-6H2;1-6H;6H,1-5H2;1-5H;1-5H2;5-6H,1-4H2;1-4H;1-4H2. The number of hydrogen-bond donors (Lipinski definition) is 3. The second kappa shape index (κ2) is 47.6. The summed E-state index contributed by atoms with van der Waals surface area (Å²) in [6.07, 6.45) is 41.8. The highest BCUT2D eigenvalue weighted by atomic mass is 16.7. The smallest absolute Gasteiger partial charge is 0.146 e. The fourth-order valence-corrected chi connectivity index (χ4v) is 6.82. The lowest BCUT2D eigenvalue weighted by Crippen LogP contribution is -2.37. The fourth-order valence-electron chi connectivity index (χ4n) is 6.82. The van der Waals surface area contributed by atoms with Gasteiger partial charge in [-0.25, -0.2) is 9.97 Å². The van der Waals surface area contributed by atoms with E-state index in [4.69, 9.17) is 14.2 Å². The van der Waals surface area contributed by atoms with Crippen molar-refractivity contribution >= 4 is 0 Å². The molecule has 7 aliphatic rings. The molecule has 3 aliphatic carbocycles. The number of benzene rings is 2. The van der Waals surface area contributed by atoms with Crippen molar-refractivity contribution in [3.05, 3.63) is 139 Å². The lowest BCUT2D eigenvalue weighted by atomic mass is 10.0. The monoisotopic (exact) mass is 867 g/mol. The molecule has 9 nitrogen and oxygen atoms in total. The van der Waals surface area contributed by atoms with Gasteiger partial charge in [-0.05, 0) is 145 Å². The van der Waals surface area contributed by atoms with Crippen molar-refractivity contribution in [2.24, 2.45) is 0 Å². The topological polar surface area (TPSA) is 102 Å². The Kier molecular flexibility index (Phi) is 41.8. The summed E-state index contributed by atoms with van der Waals surface area (Å²) >= 11 is 0. The number of pyridine rings is 1. The minimum atomic E-state index is 0.500. The van der Waals surface area contributed by atoms with Gasteiger partial charge in [-0.3, -0.25) is 4.98 Å². The van der Waals surface area contributed by atoms with Gasteiger partial charge in [-0.15, -0.1) is 0 Å². The van der Waals surface area contributed by atoms with Crippen LogP contribution in [0, 0.1) is 0 Å². The van der Waals surface area contributed by atoms with Gasteiger partial charge >= 0.3 is 0 Å². The maximum absolute atomic E-state index is 5.07. The van der Waals surface area contributed by atoms with Crippen molar-refractivity contribution in [2.75, 3.05) is 66.1 Å². The molecule has 5 fully saturated rings. The first-order valence-electron chi connectivity index (χ1n) is 24.6. The summed E-state index contributed by atoms with van der Waals surface area (Å²) in [6.45, 7) is 10.1. The summed E-state index contributed by atoms with van der Waals surface area (Å²) < 4.78 is 14.8. The average molecular weight is 867 g/mol. The molecule has 11 rings (SSSR count). The predicted octanol–water partition coefficient (Wildman–Crippen LogP) is 11.7. The number of piperidine rings is 1. The highest BCUT2D eigenvalue weighted by molar-refractivity contribution is 5.30. The fraction of sp³-hybridized carbons (Fsp3) is 0.574. The SMILES string of the molecule is C1=CCCCC1.C1CCCCC1.C1CCNCC1.C1CCOCC1.C1CNCNC1.C1COCOC1.c1ccc2c(c1)CCC2.c1ccccc1.c1ccncc1.c1cncnc1. The van der Waals surface area contributed by atoms with Crippen LogP contribution >= 0.6 is 0 Å². The van der Waals surface area contributed by atoms with Crippen molar-refractivity contribution in [3.63, 3.8) is 0 Å². The maximum atomic E-state index is 5.07. The molecule has 6 heterocycles. The van der Waals surface area contributed by atoms with Gasteiger partial charge in [-0.2, -0.15) is 0 Å². The van der Waals surface area contributed by atoms with E-state index in [1.54, 1.807) is 42.0 Å². The summed E-state index contributed by atoms with van der Waals surface area (Å²) in [6, 6.07) is 28.2. The highest BCUT2D eigenvalue weighted by Gasteiger charge is 2.07.